The molecule has 0 bridgehead atoms. The van der Waals surface area contributed by atoms with Crippen LogP contribution in [0.1, 0.15) is 41.9 Å². The Balaban J connectivity index is 1.34. The first-order valence-corrected chi connectivity index (χ1v) is 13.2. The predicted octanol–water partition coefficient (Wildman–Crippen LogP) is 2.89. The maximum Gasteiger partial charge on any atom is 0.248 e. The summed E-state index contributed by atoms with van der Waals surface area (Å²) in [7, 11) is -2.11. The molecule has 0 radical (unpaired) electrons. The van der Waals surface area contributed by atoms with E-state index in [1.807, 2.05) is 17.0 Å². The Morgan fingerprint density at radius 1 is 1.12 bits per heavy atom. The molecule has 9 heteroatoms. The first kappa shape index (κ1) is 24.6. The van der Waals surface area contributed by atoms with Crippen LogP contribution in [0, 0.1) is 13.8 Å². The SMILES string of the molecule is COc1cc(C)c(S(=O)(=O)N2CCCC2COCC(=O)N2CCC(c3ccncc3)C2)c(C)c1. The Hall–Kier alpha value is -2.49. The van der Waals surface area contributed by atoms with E-state index in [-0.39, 0.29) is 25.2 Å². The van der Waals surface area contributed by atoms with Crippen molar-refractivity contribution in [1.82, 2.24) is 14.2 Å². The molecule has 0 saturated carbocycles. The van der Waals surface area contributed by atoms with Gasteiger partial charge in [-0.05, 0) is 74.1 Å². The molecule has 4 rings (SSSR count). The van der Waals surface area contributed by atoms with Crippen LogP contribution in [-0.4, -0.2) is 74.5 Å². The van der Waals surface area contributed by atoms with Gasteiger partial charge in [0.2, 0.25) is 15.9 Å². The van der Waals surface area contributed by atoms with E-state index < -0.39 is 10.0 Å². The minimum Gasteiger partial charge on any atom is -0.497 e. The van der Waals surface area contributed by atoms with Gasteiger partial charge in [0.05, 0.1) is 18.6 Å². The average molecular weight is 488 g/mol. The van der Waals surface area contributed by atoms with Crippen LogP contribution in [0.4, 0.5) is 0 Å². The Kier molecular flexibility index (Phi) is 7.54. The number of methoxy groups -OCH3 is 1. The third-order valence-corrected chi connectivity index (χ3v) is 9.07. The van der Waals surface area contributed by atoms with E-state index in [0.29, 0.717) is 47.3 Å². The second kappa shape index (κ2) is 10.4. The molecular formula is C25H33N3O5S. The summed E-state index contributed by atoms with van der Waals surface area (Å²) >= 11 is 0. The standard InChI is InChI=1S/C25H33N3O5S/c1-18-13-23(32-3)14-19(2)25(18)34(30,31)28-11-4-5-22(28)16-33-17-24(29)27-12-8-21(15-27)20-6-9-26-10-7-20/h6-7,9-10,13-14,21-22H,4-5,8,11-12,15-17H2,1-3H3. The van der Waals surface area contributed by atoms with Gasteiger partial charge in [0.1, 0.15) is 12.4 Å². The number of carbonyl (C=O) groups is 1. The number of pyridine rings is 1. The lowest BCUT2D eigenvalue weighted by molar-refractivity contribution is -0.135. The van der Waals surface area contributed by atoms with Crippen LogP contribution in [0.5, 0.6) is 5.75 Å². The highest BCUT2D eigenvalue weighted by Crippen LogP contribution is 2.32. The van der Waals surface area contributed by atoms with Gasteiger partial charge in [-0.3, -0.25) is 9.78 Å². The largest absolute Gasteiger partial charge is 0.497 e. The zero-order valence-electron chi connectivity index (χ0n) is 20.1. The average Bonchev–Trinajstić information content (AvgIpc) is 3.49. The van der Waals surface area contributed by atoms with Crippen molar-refractivity contribution in [2.75, 3.05) is 40.0 Å². The number of nitrogens with zero attached hydrogens (tertiary/aromatic N) is 3. The fourth-order valence-electron chi connectivity index (χ4n) is 5.11. The van der Waals surface area contributed by atoms with Crippen LogP contribution < -0.4 is 4.74 Å². The Labute approximate surface area is 201 Å². The molecule has 0 N–H and O–H groups in total. The number of amides is 1. The molecule has 2 unspecified atom stereocenters. The van der Waals surface area contributed by atoms with Crippen molar-refractivity contribution in [3.05, 3.63) is 53.3 Å². The number of aryl methyl sites for hydroxylation is 2. The molecule has 3 heterocycles. The van der Waals surface area contributed by atoms with Crippen molar-refractivity contribution in [2.24, 2.45) is 0 Å². The lowest BCUT2D eigenvalue weighted by Crippen LogP contribution is -2.40. The first-order valence-electron chi connectivity index (χ1n) is 11.7. The molecule has 1 aromatic carbocycles. The van der Waals surface area contributed by atoms with Crippen LogP contribution in [-0.2, 0) is 19.6 Å². The lowest BCUT2D eigenvalue weighted by atomic mass is 10.00. The molecule has 0 aliphatic carbocycles. The van der Waals surface area contributed by atoms with Crippen molar-refractivity contribution in [1.29, 1.82) is 0 Å². The number of likely N-dealkylation sites (tertiary alicyclic amines) is 1. The van der Waals surface area contributed by atoms with Gasteiger partial charge in [0, 0.05) is 44.0 Å². The molecule has 2 atom stereocenters. The molecule has 0 spiro atoms. The summed E-state index contributed by atoms with van der Waals surface area (Å²) in [5.41, 5.74) is 2.52. The van der Waals surface area contributed by atoms with Crippen molar-refractivity contribution in [3.8, 4) is 5.75 Å². The van der Waals surface area contributed by atoms with Gasteiger partial charge < -0.3 is 14.4 Å². The highest BCUT2D eigenvalue weighted by Gasteiger charge is 2.37. The van der Waals surface area contributed by atoms with E-state index in [0.717, 1.165) is 19.3 Å². The van der Waals surface area contributed by atoms with E-state index in [2.05, 4.69) is 4.98 Å². The van der Waals surface area contributed by atoms with Crippen LogP contribution >= 0.6 is 0 Å². The maximum atomic E-state index is 13.5. The Morgan fingerprint density at radius 3 is 2.50 bits per heavy atom. The third kappa shape index (κ3) is 5.11. The number of carbonyl (C=O) groups excluding carboxylic acids is 1. The smallest absolute Gasteiger partial charge is 0.248 e. The predicted molar refractivity (Wildman–Crippen MR) is 128 cm³/mol. The summed E-state index contributed by atoms with van der Waals surface area (Å²) < 4.78 is 39.6. The maximum absolute atomic E-state index is 13.5. The minimum absolute atomic E-state index is 0.0337. The molecule has 1 amide bonds. The molecule has 2 fully saturated rings. The number of benzene rings is 1. The van der Waals surface area contributed by atoms with Crippen molar-refractivity contribution in [2.45, 2.75) is 50.0 Å². The minimum atomic E-state index is -3.68. The summed E-state index contributed by atoms with van der Waals surface area (Å²) in [6.45, 7) is 5.58. The number of aromatic nitrogens is 1. The van der Waals surface area contributed by atoms with E-state index >= 15 is 0 Å². The molecule has 2 aliphatic rings. The van der Waals surface area contributed by atoms with Gasteiger partial charge in [-0.15, -0.1) is 0 Å². The second-order valence-electron chi connectivity index (χ2n) is 9.12. The number of hydrogen-bond acceptors (Lipinski definition) is 6. The molecule has 2 saturated heterocycles. The van der Waals surface area contributed by atoms with Gasteiger partial charge in [-0.1, -0.05) is 0 Å². The first-order chi connectivity index (χ1) is 16.3. The fraction of sp³-hybridized carbons (Fsp3) is 0.520. The zero-order valence-corrected chi connectivity index (χ0v) is 20.9. The molecule has 34 heavy (non-hydrogen) atoms. The van der Waals surface area contributed by atoms with E-state index in [1.165, 1.54) is 9.87 Å². The summed E-state index contributed by atoms with van der Waals surface area (Å²) in [4.78, 5) is 18.9. The number of rotatable bonds is 8. The normalized spacial score (nSPS) is 21.2. The molecule has 2 aromatic rings. The molecular weight excluding hydrogens is 454 g/mol. The fourth-order valence-corrected chi connectivity index (χ4v) is 7.21. The number of sulfonamides is 1. The van der Waals surface area contributed by atoms with Gasteiger partial charge in [0.25, 0.3) is 0 Å². The topological polar surface area (TPSA) is 89.0 Å². The van der Waals surface area contributed by atoms with E-state index in [1.54, 1.807) is 45.5 Å². The third-order valence-electron chi connectivity index (χ3n) is 6.81. The number of hydrogen-bond donors (Lipinski definition) is 0. The van der Waals surface area contributed by atoms with Gasteiger partial charge in [0.15, 0.2) is 0 Å². The molecule has 1 aromatic heterocycles. The summed E-state index contributed by atoms with van der Waals surface area (Å²) in [5.74, 6) is 0.908. The van der Waals surface area contributed by atoms with Crippen LogP contribution in [0.2, 0.25) is 0 Å². The highest BCUT2D eigenvalue weighted by atomic mass is 32.2. The molecule has 184 valence electrons. The van der Waals surface area contributed by atoms with Crippen molar-refractivity contribution < 1.29 is 22.7 Å². The highest BCUT2D eigenvalue weighted by molar-refractivity contribution is 7.89. The Morgan fingerprint density at radius 2 is 1.82 bits per heavy atom. The summed E-state index contributed by atoms with van der Waals surface area (Å²) in [5, 5.41) is 0. The van der Waals surface area contributed by atoms with Crippen LogP contribution in [0.25, 0.3) is 0 Å². The van der Waals surface area contributed by atoms with Gasteiger partial charge >= 0.3 is 0 Å². The van der Waals surface area contributed by atoms with Gasteiger partial charge in [-0.2, -0.15) is 4.31 Å². The van der Waals surface area contributed by atoms with E-state index in [9.17, 15) is 13.2 Å². The van der Waals surface area contributed by atoms with Crippen molar-refractivity contribution in [3.63, 3.8) is 0 Å². The van der Waals surface area contributed by atoms with Crippen molar-refractivity contribution >= 4 is 15.9 Å². The molecule has 2 aliphatic heterocycles. The summed E-state index contributed by atoms with van der Waals surface area (Å²) in [6.07, 6.45) is 5.97. The second-order valence-corrected chi connectivity index (χ2v) is 11.0. The summed E-state index contributed by atoms with van der Waals surface area (Å²) in [6, 6.07) is 7.21. The number of ether oxygens (including phenoxy) is 2. The van der Waals surface area contributed by atoms with E-state index in [4.69, 9.17) is 9.47 Å². The zero-order chi connectivity index (χ0) is 24.3. The van der Waals surface area contributed by atoms with Crippen LogP contribution in [0.15, 0.2) is 41.6 Å². The monoisotopic (exact) mass is 487 g/mol. The van der Waals surface area contributed by atoms with Crippen LogP contribution in [0.3, 0.4) is 0 Å². The van der Waals surface area contributed by atoms with Gasteiger partial charge in [-0.25, -0.2) is 8.42 Å². The Bertz CT molecular complexity index is 1100. The molecule has 8 nitrogen and oxygen atoms in total. The lowest BCUT2D eigenvalue weighted by Gasteiger charge is -2.26. The quantitative estimate of drug-likeness (QED) is 0.569.